The van der Waals surface area contributed by atoms with Gasteiger partial charge in [0.15, 0.2) is 5.82 Å². The number of aromatic nitrogens is 5. The molecule has 3 heterocycles. The Morgan fingerprint density at radius 2 is 2.13 bits per heavy atom. The van der Waals surface area contributed by atoms with Crippen LogP contribution in [-0.4, -0.2) is 29.4 Å². The normalized spacial score (nSPS) is 11.0. The smallest absolute Gasteiger partial charge is 0.270 e. The molecular weight excluding hydrogens is 296 g/mol. The number of nitro benzene ring substituents is 1. The van der Waals surface area contributed by atoms with Gasteiger partial charge in [-0.15, -0.1) is 0 Å². The van der Waals surface area contributed by atoms with Crippen LogP contribution in [0.4, 0.5) is 5.69 Å². The minimum Gasteiger partial charge on any atom is -0.339 e. The van der Waals surface area contributed by atoms with Crippen LogP contribution in [0.25, 0.3) is 28.1 Å². The van der Waals surface area contributed by atoms with Crippen molar-refractivity contribution in [2.75, 3.05) is 0 Å². The summed E-state index contributed by atoms with van der Waals surface area (Å²) in [4.78, 5) is 26.2. The lowest BCUT2D eigenvalue weighted by molar-refractivity contribution is -0.384. The zero-order valence-electron chi connectivity index (χ0n) is 11.7. The number of benzene rings is 1. The van der Waals surface area contributed by atoms with Crippen molar-refractivity contribution in [2.45, 2.75) is 0 Å². The van der Waals surface area contributed by atoms with Gasteiger partial charge < -0.3 is 4.98 Å². The molecule has 4 rings (SSSR count). The molecule has 0 aliphatic rings. The second-order valence-corrected chi connectivity index (χ2v) is 4.92. The number of nitrogens with one attached hydrogen (secondary N) is 1. The highest BCUT2D eigenvalue weighted by molar-refractivity contribution is 5.88. The van der Waals surface area contributed by atoms with Gasteiger partial charge in [0.25, 0.3) is 5.69 Å². The summed E-state index contributed by atoms with van der Waals surface area (Å²) in [6, 6.07) is 8.32. The molecular formula is C15H10N6O2. The topological polar surface area (TPSA) is 103 Å². The summed E-state index contributed by atoms with van der Waals surface area (Å²) in [6.45, 7) is 0. The van der Waals surface area contributed by atoms with E-state index in [9.17, 15) is 10.1 Å². The molecule has 0 aliphatic carbocycles. The van der Waals surface area contributed by atoms with Crippen molar-refractivity contribution in [1.29, 1.82) is 0 Å². The number of aromatic amines is 1. The van der Waals surface area contributed by atoms with Crippen LogP contribution in [0.1, 0.15) is 0 Å². The highest BCUT2D eigenvalue weighted by Gasteiger charge is 2.12. The molecule has 0 saturated heterocycles. The van der Waals surface area contributed by atoms with E-state index in [0.717, 1.165) is 11.1 Å². The van der Waals surface area contributed by atoms with Crippen LogP contribution in [0, 0.1) is 10.1 Å². The average molecular weight is 306 g/mol. The summed E-state index contributed by atoms with van der Waals surface area (Å²) in [5, 5.41) is 11.7. The summed E-state index contributed by atoms with van der Waals surface area (Å²) >= 11 is 0. The van der Waals surface area contributed by atoms with Crippen molar-refractivity contribution in [3.63, 3.8) is 0 Å². The molecule has 0 atom stereocenters. The second-order valence-electron chi connectivity index (χ2n) is 4.92. The molecule has 0 spiro atoms. The number of nitrogens with zero attached hydrogens (tertiary/aromatic N) is 5. The third kappa shape index (κ3) is 2.22. The minimum atomic E-state index is -0.414. The molecule has 8 heteroatoms. The van der Waals surface area contributed by atoms with Crippen LogP contribution >= 0.6 is 0 Å². The first-order valence-corrected chi connectivity index (χ1v) is 6.79. The molecule has 3 aromatic heterocycles. The first-order valence-electron chi connectivity index (χ1n) is 6.79. The van der Waals surface area contributed by atoms with Crippen molar-refractivity contribution in [1.82, 2.24) is 24.5 Å². The van der Waals surface area contributed by atoms with Crippen molar-refractivity contribution in [2.24, 2.45) is 0 Å². The van der Waals surface area contributed by atoms with Crippen molar-refractivity contribution >= 4 is 16.7 Å². The standard InChI is InChI=1S/C15H10N6O2/c22-21(23)11-3-1-2-10(6-11)13-7-12-14(19-13)17-8-18-15(12)20-5-4-16-9-20/h1-9H,(H,17,18,19). The lowest BCUT2D eigenvalue weighted by Gasteiger charge is -2.00. The molecule has 0 amide bonds. The number of fused-ring (bicyclic) bond motifs is 1. The molecule has 1 N–H and O–H groups in total. The molecule has 0 radical (unpaired) electrons. The summed E-state index contributed by atoms with van der Waals surface area (Å²) in [5.74, 6) is 0.695. The Morgan fingerprint density at radius 1 is 1.22 bits per heavy atom. The third-order valence-electron chi connectivity index (χ3n) is 3.52. The largest absolute Gasteiger partial charge is 0.339 e. The molecule has 4 aromatic rings. The van der Waals surface area contributed by atoms with E-state index in [0.29, 0.717) is 17.0 Å². The SMILES string of the molecule is O=[N+]([O-])c1cccc(-c2cc3c(-n4ccnc4)ncnc3[nH]2)c1. The summed E-state index contributed by atoms with van der Waals surface area (Å²) < 4.78 is 1.79. The Balaban J connectivity index is 1.88. The lowest BCUT2D eigenvalue weighted by atomic mass is 10.1. The number of hydrogen-bond donors (Lipinski definition) is 1. The quantitative estimate of drug-likeness (QED) is 0.463. The van der Waals surface area contributed by atoms with Gasteiger partial charge in [-0.2, -0.15) is 0 Å². The fourth-order valence-electron chi connectivity index (χ4n) is 2.46. The predicted molar refractivity (Wildman–Crippen MR) is 83.1 cm³/mol. The predicted octanol–water partition coefficient (Wildman–Crippen LogP) is 2.72. The molecule has 1 aromatic carbocycles. The van der Waals surface area contributed by atoms with Crippen molar-refractivity contribution in [3.05, 3.63) is 65.5 Å². The number of non-ortho nitro benzene ring substituents is 1. The zero-order valence-corrected chi connectivity index (χ0v) is 11.7. The number of hydrogen-bond acceptors (Lipinski definition) is 5. The molecule has 8 nitrogen and oxygen atoms in total. The maximum atomic E-state index is 10.9. The summed E-state index contributed by atoms with van der Waals surface area (Å²) in [5.41, 5.74) is 2.16. The van der Waals surface area contributed by atoms with E-state index in [-0.39, 0.29) is 5.69 Å². The molecule has 0 saturated carbocycles. The van der Waals surface area contributed by atoms with Crippen LogP contribution < -0.4 is 0 Å². The van der Waals surface area contributed by atoms with E-state index in [2.05, 4.69) is 19.9 Å². The third-order valence-corrected chi connectivity index (χ3v) is 3.52. The van der Waals surface area contributed by atoms with Crippen LogP contribution in [0.3, 0.4) is 0 Å². The summed E-state index contributed by atoms with van der Waals surface area (Å²) in [7, 11) is 0. The van der Waals surface area contributed by atoms with Crippen LogP contribution in [0.5, 0.6) is 0 Å². The van der Waals surface area contributed by atoms with Gasteiger partial charge in [0.05, 0.1) is 10.3 Å². The molecule has 112 valence electrons. The molecule has 0 fully saturated rings. The number of H-pyrrole nitrogens is 1. The van der Waals surface area contributed by atoms with Crippen LogP contribution in [-0.2, 0) is 0 Å². The van der Waals surface area contributed by atoms with Gasteiger partial charge >= 0.3 is 0 Å². The second kappa shape index (κ2) is 5.02. The van der Waals surface area contributed by atoms with E-state index < -0.39 is 4.92 Å². The fraction of sp³-hybridized carbons (Fsp3) is 0. The van der Waals surface area contributed by atoms with Gasteiger partial charge in [-0.3, -0.25) is 14.7 Å². The Hall–Kier alpha value is -3.55. The first-order chi connectivity index (χ1) is 11.2. The highest BCUT2D eigenvalue weighted by atomic mass is 16.6. The Labute approximate surface area is 129 Å². The Bertz CT molecular complexity index is 1010. The van der Waals surface area contributed by atoms with Gasteiger partial charge in [0, 0.05) is 35.8 Å². The number of nitro groups is 1. The van der Waals surface area contributed by atoms with E-state index >= 15 is 0 Å². The van der Waals surface area contributed by atoms with Crippen LogP contribution in [0.2, 0.25) is 0 Å². The van der Waals surface area contributed by atoms with Gasteiger partial charge in [-0.05, 0) is 6.07 Å². The zero-order chi connectivity index (χ0) is 15.8. The van der Waals surface area contributed by atoms with Crippen LogP contribution in [0.15, 0.2) is 55.4 Å². The van der Waals surface area contributed by atoms with E-state index in [1.807, 2.05) is 12.1 Å². The fourth-order valence-corrected chi connectivity index (χ4v) is 2.46. The first kappa shape index (κ1) is 13.1. The number of imidazole rings is 1. The molecule has 0 aliphatic heterocycles. The van der Waals surface area contributed by atoms with E-state index in [4.69, 9.17) is 0 Å². The highest BCUT2D eigenvalue weighted by Crippen LogP contribution is 2.28. The number of rotatable bonds is 3. The summed E-state index contributed by atoms with van der Waals surface area (Å²) in [6.07, 6.45) is 6.58. The molecule has 23 heavy (non-hydrogen) atoms. The molecule has 0 bridgehead atoms. The lowest BCUT2D eigenvalue weighted by Crippen LogP contribution is -1.95. The Morgan fingerprint density at radius 3 is 2.91 bits per heavy atom. The van der Waals surface area contributed by atoms with Gasteiger partial charge in [-0.25, -0.2) is 15.0 Å². The minimum absolute atomic E-state index is 0.0436. The maximum absolute atomic E-state index is 10.9. The van der Waals surface area contributed by atoms with Gasteiger partial charge in [0.1, 0.15) is 18.3 Å². The van der Waals surface area contributed by atoms with Crippen molar-refractivity contribution < 1.29 is 4.92 Å². The molecule has 0 unspecified atom stereocenters. The van der Waals surface area contributed by atoms with E-state index in [1.165, 1.54) is 18.5 Å². The van der Waals surface area contributed by atoms with Gasteiger partial charge in [0.2, 0.25) is 0 Å². The maximum Gasteiger partial charge on any atom is 0.270 e. The Kier molecular flexibility index (Phi) is 2.87. The monoisotopic (exact) mass is 306 g/mol. The van der Waals surface area contributed by atoms with Crippen molar-refractivity contribution in [3.8, 4) is 17.1 Å². The van der Waals surface area contributed by atoms with E-state index in [1.54, 1.807) is 29.4 Å². The van der Waals surface area contributed by atoms with Gasteiger partial charge in [-0.1, -0.05) is 12.1 Å². The average Bonchev–Trinajstić information content (AvgIpc) is 3.24.